The minimum absolute atomic E-state index is 0.378. The average Bonchev–Trinajstić information content (AvgIpc) is 2.68. The first-order chi connectivity index (χ1) is 6.24. The number of nitrogens with one attached hydrogen (secondary N) is 1. The van der Waals surface area contributed by atoms with Crippen LogP contribution in [0.3, 0.4) is 0 Å². The van der Waals surface area contributed by atoms with Gasteiger partial charge in [0.1, 0.15) is 0 Å². The number of halogens is 1. The lowest BCUT2D eigenvalue weighted by Crippen LogP contribution is -2.05. The van der Waals surface area contributed by atoms with Gasteiger partial charge in [0, 0.05) is 6.20 Å². The number of methoxy groups -OCH3 is 1. The van der Waals surface area contributed by atoms with Crippen LogP contribution in [-0.2, 0) is 4.74 Å². The van der Waals surface area contributed by atoms with Crippen molar-refractivity contribution in [3.8, 4) is 0 Å². The van der Waals surface area contributed by atoms with Gasteiger partial charge in [-0.15, -0.1) is 0 Å². The molecule has 0 saturated carbocycles. The van der Waals surface area contributed by atoms with Gasteiger partial charge in [0.15, 0.2) is 11.3 Å². The molecule has 0 fully saturated rings. The fourth-order valence-electron chi connectivity index (χ4n) is 1.09. The van der Waals surface area contributed by atoms with Gasteiger partial charge in [0.2, 0.25) is 0 Å². The molecule has 0 aliphatic heterocycles. The third-order valence-corrected chi connectivity index (χ3v) is 2.27. The maximum absolute atomic E-state index is 11.2. The van der Waals surface area contributed by atoms with E-state index in [2.05, 4.69) is 30.7 Å². The summed E-state index contributed by atoms with van der Waals surface area (Å²) in [5.41, 5.74) is 1.05. The summed E-state index contributed by atoms with van der Waals surface area (Å²) in [6.45, 7) is 0. The number of hydrogen-bond acceptors (Lipinski definition) is 3. The molecule has 0 aliphatic rings. The van der Waals surface area contributed by atoms with Gasteiger partial charge in [-0.2, -0.15) is 0 Å². The van der Waals surface area contributed by atoms with Crippen LogP contribution in [0.15, 0.2) is 16.9 Å². The Labute approximate surface area is 81.8 Å². The third-order valence-electron chi connectivity index (χ3n) is 1.69. The van der Waals surface area contributed by atoms with Crippen LogP contribution in [0.2, 0.25) is 0 Å². The number of carbonyl (C=O) groups excluding carboxylic acids is 1. The molecular formula is C7H6BrN3O2. The zero-order valence-electron chi connectivity index (χ0n) is 6.74. The van der Waals surface area contributed by atoms with E-state index < -0.39 is 5.97 Å². The standard InChI is InChI=1S/C7H6BrN3O2/c1-13-7(12)5-3-9-6-4(8)2-10-11(5)6/h2-3,10H,1H3. The largest absolute Gasteiger partial charge is 0.464 e. The van der Waals surface area contributed by atoms with E-state index in [0.717, 1.165) is 4.47 Å². The first-order valence-corrected chi connectivity index (χ1v) is 4.32. The number of hydrogen-bond donors (Lipinski definition) is 1. The van der Waals surface area contributed by atoms with E-state index in [1.165, 1.54) is 13.3 Å². The predicted octanol–water partition coefficient (Wildman–Crippen LogP) is 1.21. The molecule has 68 valence electrons. The number of H-pyrrole nitrogens is 1. The Bertz CT molecular complexity index is 459. The van der Waals surface area contributed by atoms with E-state index in [9.17, 15) is 4.79 Å². The molecule has 2 aromatic heterocycles. The van der Waals surface area contributed by atoms with E-state index in [-0.39, 0.29) is 0 Å². The Hall–Kier alpha value is -1.30. The van der Waals surface area contributed by atoms with Crippen molar-refractivity contribution in [3.05, 3.63) is 22.6 Å². The van der Waals surface area contributed by atoms with Crippen LogP contribution in [0.1, 0.15) is 10.5 Å². The second-order valence-electron chi connectivity index (χ2n) is 2.42. The van der Waals surface area contributed by atoms with E-state index in [4.69, 9.17) is 0 Å². The Morgan fingerprint density at radius 3 is 3.23 bits per heavy atom. The van der Waals surface area contributed by atoms with Gasteiger partial charge in [-0.3, -0.25) is 5.10 Å². The smallest absolute Gasteiger partial charge is 0.358 e. The van der Waals surface area contributed by atoms with Crippen molar-refractivity contribution in [2.75, 3.05) is 7.11 Å². The molecule has 0 bridgehead atoms. The molecule has 0 aliphatic carbocycles. The number of nitrogens with zero attached hydrogens (tertiary/aromatic N) is 2. The summed E-state index contributed by atoms with van der Waals surface area (Å²) in [6, 6.07) is 0. The number of rotatable bonds is 1. The van der Waals surface area contributed by atoms with Crippen molar-refractivity contribution in [1.82, 2.24) is 14.6 Å². The highest BCUT2D eigenvalue weighted by Crippen LogP contribution is 2.17. The topological polar surface area (TPSA) is 59.4 Å². The van der Waals surface area contributed by atoms with Crippen LogP contribution in [0.5, 0.6) is 0 Å². The number of imidazole rings is 1. The number of aromatic nitrogens is 3. The van der Waals surface area contributed by atoms with E-state index in [1.54, 1.807) is 10.7 Å². The molecule has 5 nitrogen and oxygen atoms in total. The molecule has 0 amide bonds. The Morgan fingerprint density at radius 1 is 1.77 bits per heavy atom. The fourth-order valence-corrected chi connectivity index (χ4v) is 1.47. The molecule has 1 N–H and O–H groups in total. The van der Waals surface area contributed by atoms with Gasteiger partial charge in [-0.1, -0.05) is 0 Å². The maximum Gasteiger partial charge on any atom is 0.358 e. The van der Waals surface area contributed by atoms with E-state index in [1.807, 2.05) is 0 Å². The summed E-state index contributed by atoms with van der Waals surface area (Å²) in [6.07, 6.45) is 3.16. The highest BCUT2D eigenvalue weighted by molar-refractivity contribution is 9.10. The molecule has 0 saturated heterocycles. The fraction of sp³-hybridized carbons (Fsp3) is 0.143. The summed E-state index contributed by atoms with van der Waals surface area (Å²) in [4.78, 5) is 15.2. The van der Waals surface area contributed by atoms with Crippen molar-refractivity contribution < 1.29 is 9.53 Å². The summed E-state index contributed by atoms with van der Waals surface area (Å²) in [7, 11) is 1.33. The Kier molecular flexibility index (Phi) is 1.84. The number of aromatic amines is 1. The van der Waals surface area contributed by atoms with Crippen molar-refractivity contribution in [2.24, 2.45) is 0 Å². The Balaban J connectivity index is 2.64. The van der Waals surface area contributed by atoms with Gasteiger partial charge < -0.3 is 4.74 Å². The van der Waals surface area contributed by atoms with E-state index in [0.29, 0.717) is 11.3 Å². The minimum Gasteiger partial charge on any atom is -0.464 e. The normalized spacial score (nSPS) is 10.6. The predicted molar refractivity (Wildman–Crippen MR) is 48.6 cm³/mol. The third kappa shape index (κ3) is 1.14. The summed E-state index contributed by atoms with van der Waals surface area (Å²) in [5, 5.41) is 2.86. The summed E-state index contributed by atoms with van der Waals surface area (Å²) >= 11 is 3.28. The quantitative estimate of drug-likeness (QED) is 0.767. The maximum atomic E-state index is 11.2. The molecule has 0 unspecified atom stereocenters. The summed E-state index contributed by atoms with van der Waals surface area (Å²) in [5.74, 6) is -0.415. The van der Waals surface area contributed by atoms with Crippen molar-refractivity contribution in [3.63, 3.8) is 0 Å². The lowest BCUT2D eigenvalue weighted by molar-refractivity contribution is 0.0591. The van der Waals surface area contributed by atoms with Crippen LogP contribution < -0.4 is 0 Å². The number of ether oxygens (including phenoxy) is 1. The van der Waals surface area contributed by atoms with Crippen molar-refractivity contribution >= 4 is 27.5 Å². The Morgan fingerprint density at radius 2 is 2.54 bits per heavy atom. The lowest BCUT2D eigenvalue weighted by Gasteiger charge is -1.94. The number of carbonyl (C=O) groups is 1. The second-order valence-corrected chi connectivity index (χ2v) is 3.27. The van der Waals surface area contributed by atoms with Crippen LogP contribution >= 0.6 is 15.9 Å². The highest BCUT2D eigenvalue weighted by Gasteiger charge is 2.14. The number of fused-ring (bicyclic) bond motifs is 1. The van der Waals surface area contributed by atoms with Crippen LogP contribution in [0, 0.1) is 0 Å². The molecule has 0 radical (unpaired) electrons. The first kappa shape index (κ1) is 8.31. The molecular weight excluding hydrogens is 238 g/mol. The number of esters is 1. The van der Waals surface area contributed by atoms with Gasteiger partial charge in [-0.25, -0.2) is 14.3 Å². The first-order valence-electron chi connectivity index (χ1n) is 3.52. The van der Waals surface area contributed by atoms with Crippen LogP contribution in [-0.4, -0.2) is 27.7 Å². The molecule has 2 heterocycles. The highest BCUT2D eigenvalue weighted by atomic mass is 79.9. The lowest BCUT2D eigenvalue weighted by atomic mass is 10.5. The zero-order valence-corrected chi connectivity index (χ0v) is 8.33. The van der Waals surface area contributed by atoms with Crippen molar-refractivity contribution in [1.29, 1.82) is 0 Å². The van der Waals surface area contributed by atoms with Gasteiger partial charge in [-0.05, 0) is 15.9 Å². The molecule has 13 heavy (non-hydrogen) atoms. The van der Waals surface area contributed by atoms with E-state index >= 15 is 0 Å². The molecule has 0 spiro atoms. The van der Waals surface area contributed by atoms with Gasteiger partial charge in [0.05, 0.1) is 17.8 Å². The van der Waals surface area contributed by atoms with Crippen molar-refractivity contribution in [2.45, 2.75) is 0 Å². The SMILES string of the molecule is COC(=O)c1cnc2c(Br)c[nH]n12. The van der Waals surface area contributed by atoms with Gasteiger partial charge >= 0.3 is 5.97 Å². The summed E-state index contributed by atoms with van der Waals surface area (Å²) < 4.78 is 6.94. The molecule has 2 aromatic rings. The van der Waals surface area contributed by atoms with Crippen LogP contribution in [0.25, 0.3) is 5.65 Å². The molecule has 2 rings (SSSR count). The zero-order chi connectivity index (χ0) is 9.42. The minimum atomic E-state index is -0.415. The molecule has 0 atom stereocenters. The van der Waals surface area contributed by atoms with Crippen LogP contribution in [0.4, 0.5) is 0 Å². The molecule has 0 aromatic carbocycles. The average molecular weight is 244 g/mol. The second kappa shape index (κ2) is 2.88. The van der Waals surface area contributed by atoms with Gasteiger partial charge in [0.25, 0.3) is 0 Å². The monoisotopic (exact) mass is 243 g/mol. The molecule has 6 heteroatoms.